The molecule has 3 rings (SSSR count). The van der Waals surface area contributed by atoms with Crippen LogP contribution < -0.4 is 14.8 Å². The second-order valence-electron chi connectivity index (χ2n) is 5.33. The molecule has 0 radical (unpaired) electrons. The van der Waals surface area contributed by atoms with Crippen molar-refractivity contribution in [3.8, 4) is 22.9 Å². The maximum absolute atomic E-state index is 12.3. The molecule has 3 aromatic rings. The van der Waals surface area contributed by atoms with E-state index >= 15 is 0 Å². The minimum absolute atomic E-state index is 0.0836. The number of anilines is 1. The molecule has 9 heteroatoms. The number of nitrogens with one attached hydrogen (secondary N) is 1. The van der Waals surface area contributed by atoms with Crippen molar-refractivity contribution in [2.24, 2.45) is 0 Å². The van der Waals surface area contributed by atoms with E-state index in [1.165, 1.54) is 25.3 Å². The average molecular weight is 369 g/mol. The summed E-state index contributed by atoms with van der Waals surface area (Å²) in [6.07, 6.45) is 0. The van der Waals surface area contributed by atoms with Gasteiger partial charge < -0.3 is 24.4 Å². The molecule has 138 valence electrons. The number of hydrogen-bond donors (Lipinski definition) is 2. The van der Waals surface area contributed by atoms with Gasteiger partial charge in [-0.05, 0) is 42.5 Å². The van der Waals surface area contributed by atoms with Crippen molar-refractivity contribution in [3.63, 3.8) is 0 Å². The molecule has 1 heterocycles. The van der Waals surface area contributed by atoms with E-state index in [9.17, 15) is 14.7 Å². The zero-order valence-corrected chi connectivity index (χ0v) is 14.4. The Morgan fingerprint density at radius 3 is 2.44 bits per heavy atom. The highest BCUT2D eigenvalue weighted by Gasteiger charge is 2.18. The van der Waals surface area contributed by atoms with Crippen molar-refractivity contribution in [2.45, 2.75) is 0 Å². The quantitative estimate of drug-likeness (QED) is 0.680. The van der Waals surface area contributed by atoms with E-state index in [1.807, 2.05) is 0 Å². The summed E-state index contributed by atoms with van der Waals surface area (Å²) in [5.74, 6) is -1.00. The van der Waals surface area contributed by atoms with Gasteiger partial charge in [0.25, 0.3) is 0 Å². The Bertz CT molecular complexity index is 981. The highest BCUT2D eigenvalue weighted by Crippen LogP contribution is 2.23. The predicted molar refractivity (Wildman–Crippen MR) is 94.2 cm³/mol. The third-order valence-corrected chi connectivity index (χ3v) is 3.66. The SMILES string of the molecule is COc1ccc(-c2noc(C(=O)Nc3ccc(OC)c(C(=O)O)c3)n2)cc1. The van der Waals surface area contributed by atoms with E-state index in [0.717, 1.165) is 0 Å². The second kappa shape index (κ2) is 7.56. The second-order valence-corrected chi connectivity index (χ2v) is 5.33. The molecule has 0 aliphatic rings. The van der Waals surface area contributed by atoms with Gasteiger partial charge in [-0.3, -0.25) is 4.79 Å². The van der Waals surface area contributed by atoms with Crippen LogP contribution in [0.25, 0.3) is 11.4 Å². The summed E-state index contributed by atoms with van der Waals surface area (Å²) in [6.45, 7) is 0. The number of nitrogens with zero attached hydrogens (tertiary/aromatic N) is 2. The summed E-state index contributed by atoms with van der Waals surface area (Å²) in [4.78, 5) is 27.6. The molecule has 1 amide bonds. The summed E-state index contributed by atoms with van der Waals surface area (Å²) >= 11 is 0. The summed E-state index contributed by atoms with van der Waals surface area (Å²) in [5, 5.41) is 15.5. The minimum atomic E-state index is -1.18. The summed E-state index contributed by atoms with van der Waals surface area (Å²) in [7, 11) is 2.92. The number of carboxylic acids is 1. The maximum atomic E-state index is 12.3. The number of carbonyl (C=O) groups excluding carboxylic acids is 1. The van der Waals surface area contributed by atoms with Crippen molar-refractivity contribution >= 4 is 17.6 Å². The van der Waals surface area contributed by atoms with E-state index in [-0.39, 0.29) is 28.7 Å². The van der Waals surface area contributed by atoms with Crippen LogP contribution in [-0.2, 0) is 0 Å². The maximum Gasteiger partial charge on any atom is 0.339 e. The number of methoxy groups -OCH3 is 2. The molecule has 0 saturated carbocycles. The third kappa shape index (κ3) is 3.87. The summed E-state index contributed by atoms with van der Waals surface area (Å²) < 4.78 is 15.0. The van der Waals surface area contributed by atoms with E-state index in [2.05, 4.69) is 15.5 Å². The molecule has 27 heavy (non-hydrogen) atoms. The number of ether oxygens (including phenoxy) is 2. The molecule has 0 bridgehead atoms. The molecule has 9 nitrogen and oxygen atoms in total. The molecule has 0 aliphatic heterocycles. The van der Waals surface area contributed by atoms with Crippen molar-refractivity contribution in [2.75, 3.05) is 19.5 Å². The molecular formula is C18H15N3O6. The first-order valence-corrected chi connectivity index (χ1v) is 7.72. The Balaban J connectivity index is 1.78. The van der Waals surface area contributed by atoms with Crippen LogP contribution in [0.15, 0.2) is 47.0 Å². The zero-order valence-electron chi connectivity index (χ0n) is 14.4. The van der Waals surface area contributed by atoms with Crippen molar-refractivity contribution in [1.29, 1.82) is 0 Å². The first-order chi connectivity index (χ1) is 13.0. The number of carbonyl (C=O) groups is 2. The molecule has 2 aromatic carbocycles. The van der Waals surface area contributed by atoms with Crippen LogP contribution >= 0.6 is 0 Å². The van der Waals surface area contributed by atoms with Crippen LogP contribution in [0, 0.1) is 0 Å². The number of aromatic carboxylic acids is 1. The average Bonchev–Trinajstić information content (AvgIpc) is 3.18. The molecule has 0 unspecified atom stereocenters. The lowest BCUT2D eigenvalue weighted by atomic mass is 10.1. The highest BCUT2D eigenvalue weighted by molar-refractivity contribution is 6.02. The zero-order chi connectivity index (χ0) is 19.4. The Kier molecular flexibility index (Phi) is 5.02. The van der Waals surface area contributed by atoms with Crippen LogP contribution in [0.5, 0.6) is 11.5 Å². The highest BCUT2D eigenvalue weighted by atomic mass is 16.5. The van der Waals surface area contributed by atoms with Gasteiger partial charge in [-0.15, -0.1) is 0 Å². The van der Waals surface area contributed by atoms with Crippen molar-refractivity contribution in [1.82, 2.24) is 10.1 Å². The fourth-order valence-corrected chi connectivity index (χ4v) is 2.31. The Morgan fingerprint density at radius 2 is 1.81 bits per heavy atom. The first-order valence-electron chi connectivity index (χ1n) is 7.72. The van der Waals surface area contributed by atoms with Crippen molar-refractivity contribution < 1.29 is 28.7 Å². The fourth-order valence-electron chi connectivity index (χ4n) is 2.31. The normalized spacial score (nSPS) is 10.3. The standard InChI is InChI=1S/C18H15N3O6/c1-25-12-6-3-10(4-7-12)15-20-17(27-21-15)16(22)19-11-5-8-14(26-2)13(9-11)18(23)24/h3-9H,1-2H3,(H,19,22)(H,23,24). The van der Waals surface area contributed by atoms with E-state index in [1.54, 1.807) is 31.4 Å². The summed E-state index contributed by atoms with van der Waals surface area (Å²) in [6, 6.07) is 11.1. The largest absolute Gasteiger partial charge is 0.497 e. The molecule has 0 spiro atoms. The van der Waals surface area contributed by atoms with Gasteiger partial charge in [-0.1, -0.05) is 5.16 Å². The monoisotopic (exact) mass is 369 g/mol. The Morgan fingerprint density at radius 1 is 1.07 bits per heavy atom. The molecule has 0 saturated heterocycles. The van der Waals surface area contributed by atoms with Crippen LogP contribution in [-0.4, -0.2) is 41.3 Å². The lowest BCUT2D eigenvalue weighted by molar-refractivity contribution is 0.0693. The van der Waals surface area contributed by atoms with Crippen LogP contribution in [0.3, 0.4) is 0 Å². The Hall–Kier alpha value is -3.88. The number of carboxylic acid groups (broad SMARTS) is 1. The summed E-state index contributed by atoms with van der Waals surface area (Å²) in [5.41, 5.74) is 0.818. The van der Waals surface area contributed by atoms with Crippen LogP contribution in [0.1, 0.15) is 21.0 Å². The van der Waals surface area contributed by atoms with E-state index < -0.39 is 11.9 Å². The first kappa shape index (κ1) is 17.9. The predicted octanol–water partition coefficient (Wildman–Crippen LogP) is 2.70. The number of benzene rings is 2. The third-order valence-electron chi connectivity index (χ3n) is 3.66. The van der Waals surface area contributed by atoms with Gasteiger partial charge in [0.1, 0.15) is 17.1 Å². The number of amides is 1. The van der Waals surface area contributed by atoms with Gasteiger partial charge >= 0.3 is 17.8 Å². The molecule has 0 fully saturated rings. The number of hydrogen-bond acceptors (Lipinski definition) is 7. The van der Waals surface area contributed by atoms with E-state index in [0.29, 0.717) is 11.3 Å². The van der Waals surface area contributed by atoms with Gasteiger partial charge in [-0.2, -0.15) is 4.98 Å². The molecule has 0 atom stereocenters. The van der Waals surface area contributed by atoms with E-state index in [4.69, 9.17) is 14.0 Å². The number of aromatic nitrogens is 2. The lowest BCUT2D eigenvalue weighted by Gasteiger charge is -2.07. The van der Waals surface area contributed by atoms with Crippen LogP contribution in [0.2, 0.25) is 0 Å². The van der Waals surface area contributed by atoms with Gasteiger partial charge in [0.05, 0.1) is 14.2 Å². The molecular weight excluding hydrogens is 354 g/mol. The van der Waals surface area contributed by atoms with Gasteiger partial charge in [0, 0.05) is 11.3 Å². The van der Waals surface area contributed by atoms with Gasteiger partial charge in [0.15, 0.2) is 0 Å². The minimum Gasteiger partial charge on any atom is -0.497 e. The molecule has 2 N–H and O–H groups in total. The van der Waals surface area contributed by atoms with Gasteiger partial charge in [-0.25, -0.2) is 4.79 Å². The topological polar surface area (TPSA) is 124 Å². The Labute approximate surface area is 153 Å². The lowest BCUT2D eigenvalue weighted by Crippen LogP contribution is -2.13. The fraction of sp³-hybridized carbons (Fsp3) is 0.111. The van der Waals surface area contributed by atoms with Crippen LogP contribution in [0.4, 0.5) is 5.69 Å². The smallest absolute Gasteiger partial charge is 0.339 e. The van der Waals surface area contributed by atoms with Crippen molar-refractivity contribution in [3.05, 3.63) is 53.9 Å². The molecule has 1 aromatic heterocycles. The molecule has 0 aliphatic carbocycles. The number of rotatable bonds is 6. The van der Waals surface area contributed by atoms with Gasteiger partial charge in [0.2, 0.25) is 5.82 Å².